The fourth-order valence-corrected chi connectivity index (χ4v) is 4.75. The molecule has 0 unspecified atom stereocenters. The minimum Gasteiger partial charge on any atom is -0.351 e. The highest BCUT2D eigenvalue weighted by molar-refractivity contribution is 6.42. The third-order valence-electron chi connectivity index (χ3n) is 6.14. The molecule has 0 radical (unpaired) electrons. The van der Waals surface area contributed by atoms with Crippen LogP contribution in [0, 0.1) is 0 Å². The number of aromatic nitrogens is 2. The van der Waals surface area contributed by atoms with Crippen LogP contribution >= 0.6 is 23.2 Å². The van der Waals surface area contributed by atoms with Gasteiger partial charge in [-0.2, -0.15) is 4.98 Å². The maximum Gasteiger partial charge on any atom is 0.225 e. The molecule has 0 amide bonds. The van der Waals surface area contributed by atoms with E-state index in [-0.39, 0.29) is 0 Å². The van der Waals surface area contributed by atoms with Gasteiger partial charge in [-0.3, -0.25) is 0 Å². The van der Waals surface area contributed by atoms with Gasteiger partial charge >= 0.3 is 0 Å². The quantitative estimate of drug-likeness (QED) is 0.410. The molecule has 1 heterocycles. The topological polar surface area (TPSA) is 53.1 Å². The molecular formula is C24H29Cl2N5. The van der Waals surface area contributed by atoms with Gasteiger partial charge in [0.2, 0.25) is 5.95 Å². The van der Waals surface area contributed by atoms with Crippen LogP contribution in [0.4, 0.5) is 17.5 Å². The third-order valence-corrected chi connectivity index (χ3v) is 6.88. The van der Waals surface area contributed by atoms with Crippen molar-refractivity contribution in [2.24, 2.45) is 0 Å². The van der Waals surface area contributed by atoms with E-state index in [1.165, 1.54) is 12.8 Å². The van der Waals surface area contributed by atoms with Crippen molar-refractivity contribution in [2.45, 2.75) is 51.6 Å². The molecule has 0 atom stereocenters. The number of para-hydroxylation sites is 1. The lowest BCUT2D eigenvalue weighted by Gasteiger charge is -2.36. The van der Waals surface area contributed by atoms with Gasteiger partial charge < -0.3 is 15.5 Å². The molecule has 7 heteroatoms. The van der Waals surface area contributed by atoms with Gasteiger partial charge in [0.05, 0.1) is 15.6 Å². The summed E-state index contributed by atoms with van der Waals surface area (Å²) >= 11 is 12.3. The van der Waals surface area contributed by atoms with E-state index in [4.69, 9.17) is 33.2 Å². The number of anilines is 3. The van der Waals surface area contributed by atoms with Crippen LogP contribution < -0.4 is 10.6 Å². The number of rotatable bonds is 7. The van der Waals surface area contributed by atoms with E-state index in [0.717, 1.165) is 48.3 Å². The van der Waals surface area contributed by atoms with Crippen molar-refractivity contribution in [3.63, 3.8) is 0 Å². The van der Waals surface area contributed by atoms with Crippen LogP contribution in [-0.4, -0.2) is 40.0 Å². The summed E-state index contributed by atoms with van der Waals surface area (Å²) in [6.45, 7) is 6.74. The predicted octanol–water partition coefficient (Wildman–Crippen LogP) is 6.75. The molecule has 1 aliphatic carbocycles. The molecule has 1 fully saturated rings. The van der Waals surface area contributed by atoms with Crippen LogP contribution in [0.3, 0.4) is 0 Å². The van der Waals surface area contributed by atoms with Crippen molar-refractivity contribution in [3.8, 4) is 0 Å². The molecule has 0 aliphatic heterocycles. The molecule has 2 aromatic carbocycles. The largest absolute Gasteiger partial charge is 0.351 e. The van der Waals surface area contributed by atoms with Gasteiger partial charge in [0.25, 0.3) is 0 Å². The Labute approximate surface area is 194 Å². The summed E-state index contributed by atoms with van der Waals surface area (Å²) in [6.07, 6.45) is 4.68. The Kier molecular flexibility index (Phi) is 7.16. The highest BCUT2D eigenvalue weighted by atomic mass is 35.5. The van der Waals surface area contributed by atoms with Crippen LogP contribution in [-0.2, 0) is 0 Å². The molecule has 1 aliphatic rings. The van der Waals surface area contributed by atoms with E-state index in [2.05, 4.69) is 29.4 Å². The molecule has 0 saturated heterocycles. The fourth-order valence-electron chi connectivity index (χ4n) is 4.45. The Balaban J connectivity index is 1.53. The first-order valence-electron chi connectivity index (χ1n) is 11.1. The molecule has 1 aromatic heterocycles. The lowest BCUT2D eigenvalue weighted by molar-refractivity contribution is 0.167. The van der Waals surface area contributed by atoms with Gasteiger partial charge in [-0.15, -0.1) is 0 Å². The standard InChI is InChI=1S/C24H29Cl2N5/c1-3-31(4-2)18-12-9-16(10-13-18)28-24-29-22-8-6-5-7-19(22)23(30-24)27-17-11-14-20(25)21(26)15-17/h5-8,11,14-16,18H,3-4,9-10,12-13H2,1-2H3,(H2,27,28,29,30). The molecule has 31 heavy (non-hydrogen) atoms. The SMILES string of the molecule is CCN(CC)C1CCC(Nc2nc(Nc3ccc(Cl)c(Cl)c3)c3ccccc3n2)CC1. The second-order valence-corrected chi connectivity index (χ2v) is 8.85. The van der Waals surface area contributed by atoms with Crippen LogP contribution in [0.2, 0.25) is 10.0 Å². The molecule has 3 aromatic rings. The number of nitrogens with one attached hydrogen (secondary N) is 2. The highest BCUT2D eigenvalue weighted by Crippen LogP contribution is 2.30. The van der Waals surface area contributed by atoms with E-state index in [1.807, 2.05) is 36.4 Å². The van der Waals surface area contributed by atoms with Gasteiger partial charge in [-0.05, 0) is 69.1 Å². The van der Waals surface area contributed by atoms with Crippen molar-refractivity contribution in [1.29, 1.82) is 0 Å². The molecule has 164 valence electrons. The zero-order valence-corrected chi connectivity index (χ0v) is 19.5. The summed E-state index contributed by atoms with van der Waals surface area (Å²) in [7, 11) is 0. The molecule has 0 spiro atoms. The normalized spacial score (nSPS) is 19.0. The number of nitrogens with zero attached hydrogens (tertiary/aromatic N) is 3. The number of hydrogen-bond donors (Lipinski definition) is 2. The smallest absolute Gasteiger partial charge is 0.225 e. The van der Waals surface area contributed by atoms with Gasteiger partial charge in [0, 0.05) is 23.2 Å². The van der Waals surface area contributed by atoms with E-state index in [1.54, 1.807) is 6.07 Å². The second kappa shape index (κ2) is 10.0. The maximum absolute atomic E-state index is 6.19. The molecule has 2 N–H and O–H groups in total. The van der Waals surface area contributed by atoms with E-state index < -0.39 is 0 Å². The number of hydrogen-bond acceptors (Lipinski definition) is 5. The summed E-state index contributed by atoms with van der Waals surface area (Å²) < 4.78 is 0. The third kappa shape index (κ3) is 5.22. The van der Waals surface area contributed by atoms with Crippen LogP contribution in [0.1, 0.15) is 39.5 Å². The molecular weight excluding hydrogens is 429 g/mol. The first-order valence-corrected chi connectivity index (χ1v) is 11.8. The minimum absolute atomic E-state index is 0.394. The lowest BCUT2D eigenvalue weighted by atomic mass is 9.90. The lowest BCUT2D eigenvalue weighted by Crippen LogP contribution is -2.40. The van der Waals surface area contributed by atoms with Crippen molar-refractivity contribution in [2.75, 3.05) is 23.7 Å². The minimum atomic E-state index is 0.394. The summed E-state index contributed by atoms with van der Waals surface area (Å²) in [5, 5.41) is 8.98. The van der Waals surface area contributed by atoms with Gasteiger partial charge in [0.15, 0.2) is 0 Å². The summed E-state index contributed by atoms with van der Waals surface area (Å²) in [5.41, 5.74) is 1.74. The van der Waals surface area contributed by atoms with E-state index in [9.17, 15) is 0 Å². The van der Waals surface area contributed by atoms with Crippen LogP contribution in [0.25, 0.3) is 10.9 Å². The van der Waals surface area contributed by atoms with Gasteiger partial charge in [-0.1, -0.05) is 49.2 Å². The van der Waals surface area contributed by atoms with Crippen molar-refractivity contribution < 1.29 is 0 Å². The van der Waals surface area contributed by atoms with E-state index >= 15 is 0 Å². The summed E-state index contributed by atoms with van der Waals surface area (Å²) in [4.78, 5) is 12.2. The van der Waals surface area contributed by atoms with Crippen LogP contribution in [0.15, 0.2) is 42.5 Å². The summed E-state index contributed by atoms with van der Waals surface area (Å²) in [5.74, 6) is 1.41. The Morgan fingerprint density at radius 1 is 0.935 bits per heavy atom. The highest BCUT2D eigenvalue weighted by Gasteiger charge is 2.25. The average Bonchev–Trinajstić information content (AvgIpc) is 2.78. The average molecular weight is 458 g/mol. The Morgan fingerprint density at radius 2 is 1.68 bits per heavy atom. The monoisotopic (exact) mass is 457 g/mol. The van der Waals surface area contributed by atoms with Gasteiger partial charge in [0.1, 0.15) is 5.82 Å². The summed E-state index contributed by atoms with van der Waals surface area (Å²) in [6, 6.07) is 14.6. The first-order chi connectivity index (χ1) is 15.1. The van der Waals surface area contributed by atoms with Crippen molar-refractivity contribution in [1.82, 2.24) is 14.9 Å². The van der Waals surface area contributed by atoms with Crippen molar-refractivity contribution >= 4 is 51.6 Å². The second-order valence-electron chi connectivity index (χ2n) is 8.04. The van der Waals surface area contributed by atoms with Gasteiger partial charge in [-0.25, -0.2) is 4.98 Å². The van der Waals surface area contributed by atoms with Crippen LogP contribution in [0.5, 0.6) is 0 Å². The zero-order chi connectivity index (χ0) is 21.8. The Bertz CT molecular complexity index is 1030. The number of benzene rings is 2. The molecule has 4 rings (SSSR count). The molecule has 0 bridgehead atoms. The fraction of sp³-hybridized carbons (Fsp3) is 0.417. The Morgan fingerprint density at radius 3 is 2.39 bits per heavy atom. The van der Waals surface area contributed by atoms with Crippen molar-refractivity contribution in [3.05, 3.63) is 52.5 Å². The number of halogens is 2. The number of fused-ring (bicyclic) bond motifs is 1. The zero-order valence-electron chi connectivity index (χ0n) is 18.0. The molecule has 5 nitrogen and oxygen atoms in total. The van der Waals surface area contributed by atoms with E-state index in [0.29, 0.717) is 28.1 Å². The first kappa shape index (κ1) is 22.1. The predicted molar refractivity (Wildman–Crippen MR) is 132 cm³/mol. The molecule has 1 saturated carbocycles. The Hall–Kier alpha value is -2.08. The maximum atomic E-state index is 6.19.